The van der Waals surface area contributed by atoms with Gasteiger partial charge in [0.05, 0.1) is 11.7 Å². The lowest BCUT2D eigenvalue weighted by Crippen LogP contribution is -2.29. The van der Waals surface area contributed by atoms with Crippen molar-refractivity contribution in [2.24, 2.45) is 11.8 Å². The van der Waals surface area contributed by atoms with Crippen molar-refractivity contribution in [1.82, 2.24) is 24.9 Å². The van der Waals surface area contributed by atoms with Gasteiger partial charge in [-0.2, -0.15) is 0 Å². The van der Waals surface area contributed by atoms with Crippen LogP contribution >= 0.6 is 0 Å². The van der Waals surface area contributed by atoms with E-state index >= 15 is 0 Å². The van der Waals surface area contributed by atoms with Crippen molar-refractivity contribution in [2.45, 2.75) is 26.3 Å². The van der Waals surface area contributed by atoms with Gasteiger partial charge in [0.1, 0.15) is 12.1 Å². The predicted molar refractivity (Wildman–Crippen MR) is 90.0 cm³/mol. The molecule has 1 aliphatic carbocycles. The number of amides is 1. The van der Waals surface area contributed by atoms with E-state index in [0.717, 1.165) is 6.42 Å². The smallest absolute Gasteiger partial charge is 0.223 e. The minimum atomic E-state index is -0.335. The molecule has 3 atom stereocenters. The Labute approximate surface area is 144 Å². The third kappa shape index (κ3) is 2.97. The first-order valence-corrected chi connectivity index (χ1v) is 8.30. The van der Waals surface area contributed by atoms with Crippen LogP contribution in [-0.2, 0) is 4.79 Å². The average Bonchev–Trinajstić information content (AvgIpc) is 3.18. The summed E-state index contributed by atoms with van der Waals surface area (Å²) >= 11 is 0. The molecule has 2 aromatic heterocycles. The zero-order valence-corrected chi connectivity index (χ0v) is 14.0. The van der Waals surface area contributed by atoms with Crippen LogP contribution in [0.3, 0.4) is 0 Å². The van der Waals surface area contributed by atoms with Gasteiger partial charge in [-0.25, -0.2) is 18.9 Å². The summed E-state index contributed by atoms with van der Waals surface area (Å²) in [7, 11) is 0. The lowest BCUT2D eigenvalue weighted by Gasteiger charge is -2.09. The van der Waals surface area contributed by atoms with Gasteiger partial charge in [-0.05, 0) is 31.4 Å². The number of rotatable bonds is 4. The van der Waals surface area contributed by atoms with E-state index in [1.165, 1.54) is 16.9 Å². The number of halogens is 1. The summed E-state index contributed by atoms with van der Waals surface area (Å²) in [6.07, 6.45) is 2.44. The van der Waals surface area contributed by atoms with E-state index in [1.807, 2.05) is 6.92 Å². The lowest BCUT2D eigenvalue weighted by atomic mass is 10.1. The monoisotopic (exact) mass is 339 g/mol. The van der Waals surface area contributed by atoms with Gasteiger partial charge in [0, 0.05) is 17.5 Å². The van der Waals surface area contributed by atoms with Crippen LogP contribution in [0.25, 0.3) is 16.9 Å². The third-order valence-electron chi connectivity index (χ3n) is 4.59. The average molecular weight is 339 g/mol. The molecule has 0 radical (unpaired) electrons. The summed E-state index contributed by atoms with van der Waals surface area (Å²) in [4.78, 5) is 20.8. The maximum Gasteiger partial charge on any atom is 0.223 e. The zero-order valence-electron chi connectivity index (χ0n) is 14.0. The third-order valence-corrected chi connectivity index (χ3v) is 4.59. The summed E-state index contributed by atoms with van der Waals surface area (Å²) in [6, 6.07) is 7.86. The molecule has 6 nitrogen and oxygen atoms in total. The number of nitrogens with one attached hydrogen (secondary N) is 1. The number of nitrogens with zero attached hydrogens (tertiary/aromatic N) is 4. The summed E-state index contributed by atoms with van der Waals surface area (Å²) in [5.41, 5.74) is 1.47. The highest BCUT2D eigenvalue weighted by Gasteiger charge is 2.39. The van der Waals surface area contributed by atoms with Crippen molar-refractivity contribution in [1.29, 1.82) is 0 Å². The molecule has 1 fully saturated rings. The van der Waals surface area contributed by atoms with Gasteiger partial charge in [0.25, 0.3) is 0 Å². The number of carbonyl (C=O) groups excluding carboxylic acids is 1. The summed E-state index contributed by atoms with van der Waals surface area (Å²) < 4.78 is 15.5. The van der Waals surface area contributed by atoms with E-state index in [4.69, 9.17) is 0 Å². The van der Waals surface area contributed by atoms with Crippen LogP contribution in [0.1, 0.15) is 32.1 Å². The van der Waals surface area contributed by atoms with E-state index in [9.17, 15) is 9.18 Å². The van der Waals surface area contributed by atoms with Crippen LogP contribution in [0.15, 0.2) is 36.7 Å². The fourth-order valence-electron chi connectivity index (χ4n) is 2.88. The summed E-state index contributed by atoms with van der Waals surface area (Å²) in [5, 5.41) is 7.30. The lowest BCUT2D eigenvalue weighted by molar-refractivity contribution is -0.123. The van der Waals surface area contributed by atoms with Gasteiger partial charge < -0.3 is 5.32 Å². The molecule has 128 valence electrons. The van der Waals surface area contributed by atoms with Crippen molar-refractivity contribution >= 4 is 11.6 Å². The van der Waals surface area contributed by atoms with E-state index in [-0.39, 0.29) is 23.7 Å². The highest BCUT2D eigenvalue weighted by molar-refractivity contribution is 5.81. The van der Waals surface area contributed by atoms with E-state index in [2.05, 4.69) is 27.3 Å². The Morgan fingerprint density at radius 2 is 2.16 bits per heavy atom. The number of aromatic nitrogens is 4. The van der Waals surface area contributed by atoms with Gasteiger partial charge in [0.2, 0.25) is 5.91 Å². The molecule has 1 aromatic carbocycles. The van der Waals surface area contributed by atoms with Gasteiger partial charge >= 0.3 is 0 Å². The molecule has 7 heteroatoms. The molecule has 0 aliphatic heterocycles. The Morgan fingerprint density at radius 3 is 2.88 bits per heavy atom. The van der Waals surface area contributed by atoms with Gasteiger partial charge in [-0.15, -0.1) is 5.10 Å². The number of benzene rings is 1. The number of carbonyl (C=O) groups is 1. The van der Waals surface area contributed by atoms with Crippen molar-refractivity contribution < 1.29 is 9.18 Å². The van der Waals surface area contributed by atoms with Gasteiger partial charge in [-0.1, -0.05) is 19.1 Å². The minimum Gasteiger partial charge on any atom is -0.346 e. The van der Waals surface area contributed by atoms with Crippen molar-refractivity contribution in [3.63, 3.8) is 0 Å². The quantitative estimate of drug-likeness (QED) is 0.793. The second-order valence-corrected chi connectivity index (χ2v) is 6.58. The second-order valence-electron chi connectivity index (χ2n) is 6.58. The number of hydrogen-bond acceptors (Lipinski definition) is 4. The highest BCUT2D eigenvalue weighted by atomic mass is 19.1. The number of hydrogen-bond donors (Lipinski definition) is 1. The van der Waals surface area contributed by atoms with Crippen molar-refractivity contribution in [3.05, 3.63) is 48.3 Å². The predicted octanol–water partition coefficient (Wildman–Crippen LogP) is 2.76. The van der Waals surface area contributed by atoms with Crippen LogP contribution < -0.4 is 5.32 Å². The Balaban J connectivity index is 1.60. The standard InChI is InChI=1S/C18H18FN5O/c1-10-7-13(10)18(25)21-11(2)17-22-16-8-15(20-9-24(16)23-17)12-5-3-4-6-14(12)19/h3-6,8-11,13H,7H2,1-2H3,(H,21,25)/t10?,11-,13?/m0/s1. The summed E-state index contributed by atoms with van der Waals surface area (Å²) in [6.45, 7) is 3.92. The van der Waals surface area contributed by atoms with Crippen LogP contribution in [0, 0.1) is 17.7 Å². The fraction of sp³-hybridized carbons (Fsp3) is 0.333. The fourth-order valence-corrected chi connectivity index (χ4v) is 2.88. The second kappa shape index (κ2) is 5.91. The van der Waals surface area contributed by atoms with E-state index in [0.29, 0.717) is 28.6 Å². The van der Waals surface area contributed by atoms with Crippen molar-refractivity contribution in [2.75, 3.05) is 0 Å². The zero-order chi connectivity index (χ0) is 17.6. The molecule has 4 rings (SSSR count). The van der Waals surface area contributed by atoms with Crippen LogP contribution in [0.2, 0.25) is 0 Å². The molecule has 3 aromatic rings. The van der Waals surface area contributed by atoms with Gasteiger partial charge in [-0.3, -0.25) is 4.79 Å². The Bertz CT molecular complexity index is 954. The largest absolute Gasteiger partial charge is 0.346 e. The highest BCUT2D eigenvalue weighted by Crippen LogP contribution is 2.38. The summed E-state index contributed by atoms with van der Waals surface area (Å²) in [5.74, 6) is 0.777. The normalized spacial score (nSPS) is 20.4. The van der Waals surface area contributed by atoms with Crippen LogP contribution in [-0.4, -0.2) is 25.5 Å². The molecule has 1 saturated carbocycles. The maximum absolute atomic E-state index is 13.9. The molecule has 0 bridgehead atoms. The van der Waals surface area contributed by atoms with Crippen molar-refractivity contribution in [3.8, 4) is 11.3 Å². The van der Waals surface area contributed by atoms with Crippen LogP contribution in [0.5, 0.6) is 0 Å². The topological polar surface area (TPSA) is 72.2 Å². The Kier molecular flexibility index (Phi) is 3.71. The molecule has 0 spiro atoms. The first-order chi connectivity index (χ1) is 12.0. The SMILES string of the molecule is CC1CC1C(=O)N[C@@H](C)c1nc2cc(-c3ccccc3F)ncn2n1. The first-order valence-electron chi connectivity index (χ1n) is 8.30. The molecule has 2 unspecified atom stereocenters. The molecule has 1 amide bonds. The Hall–Kier alpha value is -2.83. The van der Waals surface area contributed by atoms with Crippen LogP contribution in [0.4, 0.5) is 4.39 Å². The maximum atomic E-state index is 13.9. The molecule has 1 N–H and O–H groups in total. The molecule has 0 saturated heterocycles. The molecular formula is C18H18FN5O. The molecule has 2 heterocycles. The van der Waals surface area contributed by atoms with E-state index < -0.39 is 0 Å². The molecule has 25 heavy (non-hydrogen) atoms. The number of fused-ring (bicyclic) bond motifs is 1. The molecule has 1 aliphatic rings. The van der Waals surface area contributed by atoms with Gasteiger partial charge in [0.15, 0.2) is 11.5 Å². The minimum absolute atomic E-state index is 0.0454. The first kappa shape index (κ1) is 15.7. The van der Waals surface area contributed by atoms with E-state index in [1.54, 1.807) is 24.3 Å². The molecular weight excluding hydrogens is 321 g/mol. The Morgan fingerprint density at radius 1 is 1.40 bits per heavy atom.